The lowest BCUT2D eigenvalue weighted by Gasteiger charge is -2.26. The van der Waals surface area contributed by atoms with Gasteiger partial charge < -0.3 is 16.2 Å². The lowest BCUT2D eigenvalue weighted by atomic mass is 9.82. The van der Waals surface area contributed by atoms with E-state index >= 15 is 0 Å². The molecule has 1 aromatic rings. The van der Waals surface area contributed by atoms with Crippen LogP contribution in [0.4, 0.5) is 5.13 Å². The van der Waals surface area contributed by atoms with Gasteiger partial charge in [-0.05, 0) is 24.7 Å². The molecule has 106 valence electrons. The number of carboxylic acid groups (broad SMARTS) is 1. The van der Waals surface area contributed by atoms with Gasteiger partial charge in [0, 0.05) is 11.9 Å². The molecule has 3 atom stereocenters. The molecule has 1 fully saturated rings. The van der Waals surface area contributed by atoms with Gasteiger partial charge in [0.15, 0.2) is 5.13 Å². The molecule has 0 saturated heterocycles. The van der Waals surface area contributed by atoms with Gasteiger partial charge in [0.05, 0.1) is 5.69 Å². The van der Waals surface area contributed by atoms with Crippen LogP contribution in [0.25, 0.3) is 0 Å². The molecule has 19 heavy (non-hydrogen) atoms. The van der Waals surface area contributed by atoms with Gasteiger partial charge in [-0.15, -0.1) is 11.3 Å². The van der Waals surface area contributed by atoms with E-state index < -0.39 is 12.0 Å². The molecule has 3 unspecified atom stereocenters. The average molecular weight is 283 g/mol. The first-order chi connectivity index (χ1) is 9.06. The van der Waals surface area contributed by atoms with Crippen molar-refractivity contribution in [2.75, 3.05) is 11.9 Å². The fraction of sp³-hybridized carbons (Fsp3) is 0.692. The summed E-state index contributed by atoms with van der Waals surface area (Å²) in [4.78, 5) is 15.0. The Morgan fingerprint density at radius 1 is 1.68 bits per heavy atom. The first-order valence-electron chi connectivity index (χ1n) is 6.74. The van der Waals surface area contributed by atoms with Gasteiger partial charge in [0.1, 0.15) is 6.04 Å². The maximum absolute atomic E-state index is 10.8. The fourth-order valence-corrected chi connectivity index (χ4v) is 3.37. The highest BCUT2D eigenvalue weighted by Crippen LogP contribution is 2.29. The number of carboxylic acids is 1. The van der Waals surface area contributed by atoms with E-state index in [0.717, 1.165) is 17.6 Å². The molecule has 1 aromatic heterocycles. The molecule has 0 spiro atoms. The number of aromatic nitrogens is 1. The minimum absolute atomic E-state index is 0.428. The van der Waals surface area contributed by atoms with Crippen molar-refractivity contribution in [2.24, 2.45) is 17.6 Å². The summed E-state index contributed by atoms with van der Waals surface area (Å²) in [5.41, 5.74) is 5.95. The summed E-state index contributed by atoms with van der Waals surface area (Å²) in [6.07, 6.45) is 5.18. The Kier molecular flexibility index (Phi) is 4.76. The number of nitrogens with zero attached hydrogens (tertiary/aromatic N) is 1. The van der Waals surface area contributed by atoms with Crippen molar-refractivity contribution >= 4 is 22.4 Å². The third-order valence-electron chi connectivity index (χ3n) is 3.69. The predicted molar refractivity (Wildman–Crippen MR) is 76.3 cm³/mol. The number of carbonyl (C=O) groups is 1. The van der Waals surface area contributed by atoms with Gasteiger partial charge in [-0.2, -0.15) is 0 Å². The highest BCUT2D eigenvalue weighted by Gasteiger charge is 2.20. The second-order valence-corrected chi connectivity index (χ2v) is 6.27. The van der Waals surface area contributed by atoms with E-state index in [-0.39, 0.29) is 0 Å². The number of thiazole rings is 1. The van der Waals surface area contributed by atoms with Crippen molar-refractivity contribution < 1.29 is 9.90 Å². The lowest BCUT2D eigenvalue weighted by molar-refractivity contribution is -0.138. The summed E-state index contributed by atoms with van der Waals surface area (Å²) in [5, 5.41) is 14.6. The van der Waals surface area contributed by atoms with Gasteiger partial charge in [0.25, 0.3) is 0 Å². The van der Waals surface area contributed by atoms with E-state index in [1.54, 1.807) is 5.38 Å². The highest BCUT2D eigenvalue weighted by molar-refractivity contribution is 7.13. The molecule has 4 N–H and O–H groups in total. The van der Waals surface area contributed by atoms with Crippen molar-refractivity contribution in [3.8, 4) is 0 Å². The Bertz CT molecular complexity index is 435. The molecule has 1 heterocycles. The molecular formula is C13H21N3O2S. The second kappa shape index (κ2) is 6.34. The largest absolute Gasteiger partial charge is 0.480 e. The van der Waals surface area contributed by atoms with Crippen molar-refractivity contribution in [3.63, 3.8) is 0 Å². The van der Waals surface area contributed by atoms with Crippen molar-refractivity contribution in [1.29, 1.82) is 0 Å². The lowest BCUT2D eigenvalue weighted by Crippen LogP contribution is -2.22. The van der Waals surface area contributed by atoms with Crippen LogP contribution in [0.3, 0.4) is 0 Å². The van der Waals surface area contributed by atoms with Crippen molar-refractivity contribution in [3.05, 3.63) is 11.1 Å². The monoisotopic (exact) mass is 283 g/mol. The van der Waals surface area contributed by atoms with E-state index in [9.17, 15) is 4.79 Å². The standard InChI is InChI=1S/C13H21N3O2S/c1-8-3-2-4-9(5-8)6-15-13-16-10(7-19-13)11(14)12(17)18/h7-9,11H,2-6,14H2,1H3,(H,15,16)(H,17,18). The molecule has 1 saturated carbocycles. The number of aliphatic carboxylic acids is 1. The molecule has 5 nitrogen and oxygen atoms in total. The Labute approximate surface area is 117 Å². The van der Waals surface area contributed by atoms with Gasteiger partial charge >= 0.3 is 5.97 Å². The minimum Gasteiger partial charge on any atom is -0.480 e. The molecule has 1 aliphatic carbocycles. The summed E-state index contributed by atoms with van der Waals surface area (Å²) in [6, 6.07) is -1.03. The van der Waals surface area contributed by atoms with Crippen LogP contribution in [0.1, 0.15) is 44.3 Å². The molecule has 0 bridgehead atoms. The van der Waals surface area contributed by atoms with Crippen LogP contribution in [-0.2, 0) is 4.79 Å². The second-order valence-electron chi connectivity index (χ2n) is 5.41. The van der Waals surface area contributed by atoms with E-state index in [0.29, 0.717) is 11.6 Å². The number of anilines is 1. The van der Waals surface area contributed by atoms with Gasteiger partial charge in [0.2, 0.25) is 0 Å². The maximum atomic E-state index is 10.8. The van der Waals surface area contributed by atoms with Crippen LogP contribution in [0, 0.1) is 11.8 Å². The summed E-state index contributed by atoms with van der Waals surface area (Å²) in [7, 11) is 0. The van der Waals surface area contributed by atoms with Crippen LogP contribution >= 0.6 is 11.3 Å². The number of hydrogen-bond acceptors (Lipinski definition) is 5. The third-order valence-corrected chi connectivity index (χ3v) is 4.51. The first-order valence-corrected chi connectivity index (χ1v) is 7.62. The average Bonchev–Trinajstić information content (AvgIpc) is 2.84. The fourth-order valence-electron chi connectivity index (χ4n) is 2.61. The zero-order valence-electron chi connectivity index (χ0n) is 11.1. The van der Waals surface area contributed by atoms with E-state index in [2.05, 4.69) is 17.2 Å². The number of rotatable bonds is 5. The van der Waals surface area contributed by atoms with E-state index in [1.807, 2.05) is 0 Å². The van der Waals surface area contributed by atoms with Crippen molar-refractivity contribution in [2.45, 2.75) is 38.6 Å². The Hall–Kier alpha value is -1.14. The van der Waals surface area contributed by atoms with Crippen LogP contribution < -0.4 is 11.1 Å². The van der Waals surface area contributed by atoms with E-state index in [4.69, 9.17) is 10.8 Å². The number of nitrogens with one attached hydrogen (secondary N) is 1. The smallest absolute Gasteiger partial charge is 0.326 e. The number of nitrogens with two attached hydrogens (primary N) is 1. The Balaban J connectivity index is 1.84. The first kappa shape index (κ1) is 14.3. The third kappa shape index (κ3) is 3.91. The van der Waals surface area contributed by atoms with Gasteiger partial charge in [-0.3, -0.25) is 4.79 Å². The maximum Gasteiger partial charge on any atom is 0.326 e. The van der Waals surface area contributed by atoms with Gasteiger partial charge in [-0.25, -0.2) is 4.98 Å². The SMILES string of the molecule is CC1CCCC(CNc2nc(C(N)C(=O)O)cs2)C1. The summed E-state index contributed by atoms with van der Waals surface area (Å²) in [5.74, 6) is 0.468. The highest BCUT2D eigenvalue weighted by atomic mass is 32.1. The normalized spacial score (nSPS) is 24.9. The summed E-state index contributed by atoms with van der Waals surface area (Å²) in [6.45, 7) is 3.22. The molecule has 1 aliphatic rings. The number of hydrogen-bond donors (Lipinski definition) is 3. The van der Waals surface area contributed by atoms with Crippen LogP contribution in [0.2, 0.25) is 0 Å². The molecule has 0 aliphatic heterocycles. The Morgan fingerprint density at radius 2 is 2.47 bits per heavy atom. The van der Waals surface area contributed by atoms with E-state index in [1.165, 1.54) is 37.0 Å². The van der Waals surface area contributed by atoms with Crippen LogP contribution in [0.5, 0.6) is 0 Å². The molecule has 0 aromatic carbocycles. The molecule has 0 amide bonds. The zero-order valence-corrected chi connectivity index (χ0v) is 11.9. The van der Waals surface area contributed by atoms with Crippen molar-refractivity contribution in [1.82, 2.24) is 4.98 Å². The van der Waals surface area contributed by atoms with Crippen LogP contribution in [0.15, 0.2) is 5.38 Å². The quantitative estimate of drug-likeness (QED) is 0.772. The predicted octanol–water partition coefficient (Wildman–Crippen LogP) is 2.47. The summed E-state index contributed by atoms with van der Waals surface area (Å²) >= 11 is 1.42. The topological polar surface area (TPSA) is 88.2 Å². The zero-order chi connectivity index (χ0) is 13.8. The minimum atomic E-state index is -1.04. The molecule has 6 heteroatoms. The van der Waals surface area contributed by atoms with Crippen LogP contribution in [-0.4, -0.2) is 22.6 Å². The summed E-state index contributed by atoms with van der Waals surface area (Å²) < 4.78 is 0. The molecule has 0 radical (unpaired) electrons. The molecule has 2 rings (SSSR count). The van der Waals surface area contributed by atoms with Gasteiger partial charge in [-0.1, -0.05) is 19.8 Å². The Morgan fingerprint density at radius 3 is 3.16 bits per heavy atom. The molecular weight excluding hydrogens is 262 g/mol.